The van der Waals surface area contributed by atoms with Gasteiger partial charge in [0.15, 0.2) is 0 Å². The average molecular weight is 530 g/mol. The van der Waals surface area contributed by atoms with E-state index in [9.17, 15) is 5.11 Å². The molecule has 0 bridgehead atoms. The zero-order valence-electron chi connectivity index (χ0n) is 23.4. The highest BCUT2D eigenvalue weighted by molar-refractivity contribution is 5.95. The number of rotatable bonds is 10. The Hall–Kier alpha value is -3.48. The highest BCUT2D eigenvalue weighted by Crippen LogP contribution is 2.47. The third-order valence-electron chi connectivity index (χ3n) is 7.73. The Labute approximate surface area is 231 Å². The molecule has 6 nitrogen and oxygen atoms in total. The van der Waals surface area contributed by atoms with Gasteiger partial charge in [-0.15, -0.1) is 0 Å². The summed E-state index contributed by atoms with van der Waals surface area (Å²) in [7, 11) is 1.66. The van der Waals surface area contributed by atoms with Crippen LogP contribution in [0, 0.1) is 5.92 Å². The van der Waals surface area contributed by atoms with Crippen LogP contribution in [-0.2, 0) is 4.74 Å². The molecule has 206 valence electrons. The number of phenolic OH excluding ortho intramolecular Hbond substituents is 1. The van der Waals surface area contributed by atoms with Gasteiger partial charge < -0.3 is 24.1 Å². The predicted octanol–water partition coefficient (Wildman–Crippen LogP) is 6.59. The van der Waals surface area contributed by atoms with Crippen molar-refractivity contribution < 1.29 is 24.1 Å². The summed E-state index contributed by atoms with van der Waals surface area (Å²) in [5, 5.41) is 10.3. The van der Waals surface area contributed by atoms with Crippen LogP contribution in [0.3, 0.4) is 0 Å². The number of nitrogens with zero attached hydrogens (tertiary/aromatic N) is 1. The van der Waals surface area contributed by atoms with E-state index in [-0.39, 0.29) is 11.9 Å². The van der Waals surface area contributed by atoms with E-state index in [1.54, 1.807) is 19.2 Å². The summed E-state index contributed by atoms with van der Waals surface area (Å²) < 4.78 is 23.8. The molecule has 0 amide bonds. The van der Waals surface area contributed by atoms with E-state index in [0.717, 1.165) is 64.1 Å². The molecule has 0 saturated carbocycles. The Morgan fingerprint density at radius 2 is 1.79 bits per heavy atom. The molecule has 2 aliphatic heterocycles. The van der Waals surface area contributed by atoms with Gasteiger partial charge in [0.05, 0.1) is 6.61 Å². The zero-order valence-corrected chi connectivity index (χ0v) is 23.4. The van der Waals surface area contributed by atoms with Gasteiger partial charge in [-0.3, -0.25) is 4.90 Å². The molecular formula is C33H39NO5. The number of fused-ring (bicyclic) bond motifs is 1. The van der Waals surface area contributed by atoms with Gasteiger partial charge in [-0.05, 0) is 91.9 Å². The summed E-state index contributed by atoms with van der Waals surface area (Å²) in [4.78, 5) is 2.51. The van der Waals surface area contributed by atoms with Crippen LogP contribution in [0.5, 0.6) is 23.0 Å². The fourth-order valence-corrected chi connectivity index (χ4v) is 5.47. The zero-order chi connectivity index (χ0) is 27.4. The maximum absolute atomic E-state index is 10.3. The molecule has 39 heavy (non-hydrogen) atoms. The summed E-state index contributed by atoms with van der Waals surface area (Å²) >= 11 is 0. The second-order valence-electron chi connectivity index (χ2n) is 10.7. The maximum atomic E-state index is 10.3. The van der Waals surface area contributed by atoms with Gasteiger partial charge in [-0.2, -0.15) is 0 Å². The van der Waals surface area contributed by atoms with Crippen molar-refractivity contribution in [3.63, 3.8) is 0 Å². The van der Waals surface area contributed by atoms with Crippen molar-refractivity contribution in [3.05, 3.63) is 83.4 Å². The van der Waals surface area contributed by atoms with Crippen molar-refractivity contribution in [2.45, 2.75) is 39.3 Å². The molecule has 0 aromatic heterocycles. The van der Waals surface area contributed by atoms with E-state index < -0.39 is 0 Å². The first-order valence-electron chi connectivity index (χ1n) is 13.8. The van der Waals surface area contributed by atoms with Crippen molar-refractivity contribution in [2.75, 3.05) is 40.0 Å². The van der Waals surface area contributed by atoms with Gasteiger partial charge in [0.1, 0.15) is 42.3 Å². The first kappa shape index (κ1) is 27.1. The lowest BCUT2D eigenvalue weighted by Gasteiger charge is -2.31. The monoisotopic (exact) mass is 529 g/mol. The number of hydrogen-bond donors (Lipinski definition) is 1. The number of likely N-dealkylation sites (tertiary alicyclic amines) is 1. The van der Waals surface area contributed by atoms with Crippen LogP contribution in [0.4, 0.5) is 0 Å². The fourth-order valence-electron chi connectivity index (χ4n) is 5.47. The Kier molecular flexibility index (Phi) is 8.44. The van der Waals surface area contributed by atoms with E-state index >= 15 is 0 Å². The second-order valence-corrected chi connectivity index (χ2v) is 10.7. The highest BCUT2D eigenvalue weighted by Gasteiger charge is 2.30. The van der Waals surface area contributed by atoms with Crippen molar-refractivity contribution in [2.24, 2.45) is 5.92 Å². The highest BCUT2D eigenvalue weighted by atomic mass is 16.5. The standard InChI is InChI=1S/C33H39NO5/c1-22-14-15-34(20-22)23(2)21-38-28-10-8-25(9-11-28)33-32(26-6-5-7-27(35)18-26)24(3)30-19-29(37-17-16-36-4)12-13-31(30)39-33/h5-13,18-19,22-23,33,35H,14-17,20-21H2,1-4H3/t22-,23+,33?/m1/s1. The molecule has 0 aliphatic carbocycles. The number of aromatic hydroxyl groups is 1. The predicted molar refractivity (Wildman–Crippen MR) is 155 cm³/mol. The van der Waals surface area contributed by atoms with E-state index in [1.165, 1.54) is 6.42 Å². The summed E-state index contributed by atoms with van der Waals surface area (Å²) in [5.74, 6) is 3.40. The normalized spacial score (nSPS) is 19.9. The molecule has 0 spiro atoms. The van der Waals surface area contributed by atoms with Crippen molar-refractivity contribution in [1.29, 1.82) is 0 Å². The van der Waals surface area contributed by atoms with Crippen LogP contribution in [-0.4, -0.2) is 56.1 Å². The quantitative estimate of drug-likeness (QED) is 0.299. The second kappa shape index (κ2) is 12.1. The molecule has 1 unspecified atom stereocenters. The summed E-state index contributed by atoms with van der Waals surface area (Å²) in [5.41, 5.74) is 5.01. The van der Waals surface area contributed by atoms with Gasteiger partial charge in [0.25, 0.3) is 0 Å². The number of hydrogen-bond acceptors (Lipinski definition) is 6. The number of phenols is 1. The third-order valence-corrected chi connectivity index (χ3v) is 7.73. The molecule has 6 heteroatoms. The molecular weight excluding hydrogens is 490 g/mol. The minimum Gasteiger partial charge on any atom is -0.508 e. The minimum absolute atomic E-state index is 0.222. The molecule has 2 aliphatic rings. The van der Waals surface area contributed by atoms with Crippen molar-refractivity contribution in [1.82, 2.24) is 4.90 Å². The Bertz CT molecular complexity index is 1300. The van der Waals surface area contributed by atoms with Crippen molar-refractivity contribution in [3.8, 4) is 23.0 Å². The number of allylic oxidation sites excluding steroid dienone is 1. The fraction of sp³-hybridized carbons (Fsp3) is 0.394. The molecule has 1 saturated heterocycles. The topological polar surface area (TPSA) is 60.4 Å². The van der Waals surface area contributed by atoms with Crippen molar-refractivity contribution >= 4 is 11.1 Å². The van der Waals surface area contributed by atoms with Gasteiger partial charge in [0.2, 0.25) is 0 Å². The largest absolute Gasteiger partial charge is 0.508 e. The lowest BCUT2D eigenvalue weighted by atomic mass is 9.86. The molecule has 3 atom stereocenters. The first-order valence-corrected chi connectivity index (χ1v) is 13.8. The van der Waals surface area contributed by atoms with Crippen LogP contribution in [0.1, 0.15) is 50.0 Å². The summed E-state index contributed by atoms with van der Waals surface area (Å²) in [6.07, 6.45) is 0.929. The molecule has 0 radical (unpaired) electrons. The van der Waals surface area contributed by atoms with Crippen LogP contribution in [0.2, 0.25) is 0 Å². The number of ether oxygens (including phenoxy) is 4. The maximum Gasteiger partial charge on any atom is 0.150 e. The molecule has 1 N–H and O–H groups in total. The van der Waals surface area contributed by atoms with E-state index in [0.29, 0.717) is 25.9 Å². The lowest BCUT2D eigenvalue weighted by molar-refractivity contribution is 0.146. The smallest absolute Gasteiger partial charge is 0.150 e. The van der Waals surface area contributed by atoms with Crippen LogP contribution >= 0.6 is 0 Å². The van der Waals surface area contributed by atoms with Gasteiger partial charge in [-0.1, -0.05) is 31.2 Å². The molecule has 5 rings (SSSR count). The van der Waals surface area contributed by atoms with Crippen LogP contribution < -0.4 is 14.2 Å². The molecule has 3 aromatic carbocycles. The van der Waals surface area contributed by atoms with Gasteiger partial charge in [0, 0.05) is 30.8 Å². The lowest BCUT2D eigenvalue weighted by Crippen LogP contribution is -2.35. The van der Waals surface area contributed by atoms with Crippen LogP contribution in [0.25, 0.3) is 11.1 Å². The molecule has 3 aromatic rings. The Morgan fingerprint density at radius 1 is 1.00 bits per heavy atom. The molecule has 2 heterocycles. The van der Waals surface area contributed by atoms with Gasteiger partial charge in [-0.25, -0.2) is 0 Å². The number of benzene rings is 3. The Morgan fingerprint density at radius 3 is 2.51 bits per heavy atom. The number of methoxy groups -OCH3 is 1. The summed E-state index contributed by atoms with van der Waals surface area (Å²) in [6.45, 7) is 10.6. The SMILES string of the molecule is COCCOc1ccc2c(c1)C(C)=C(c1cccc(O)c1)C(c1ccc(OC[C@H](C)N3CC[C@@H](C)C3)cc1)O2. The van der Waals surface area contributed by atoms with Gasteiger partial charge >= 0.3 is 0 Å². The minimum atomic E-state index is -0.335. The average Bonchev–Trinajstić information content (AvgIpc) is 3.38. The first-order chi connectivity index (χ1) is 18.9. The Balaban J connectivity index is 1.40. The summed E-state index contributed by atoms with van der Waals surface area (Å²) in [6, 6.07) is 21.8. The van der Waals surface area contributed by atoms with E-state index in [4.69, 9.17) is 18.9 Å². The molecule has 1 fully saturated rings. The van der Waals surface area contributed by atoms with Crippen LogP contribution in [0.15, 0.2) is 66.7 Å². The van der Waals surface area contributed by atoms with E-state index in [1.807, 2.05) is 42.5 Å². The van der Waals surface area contributed by atoms with E-state index in [2.05, 4.69) is 37.8 Å². The third kappa shape index (κ3) is 6.23.